The van der Waals surface area contributed by atoms with E-state index >= 15 is 0 Å². The first kappa shape index (κ1) is 20.9. The van der Waals surface area contributed by atoms with Crippen molar-refractivity contribution in [2.75, 3.05) is 18.0 Å². The van der Waals surface area contributed by atoms with Crippen LogP contribution in [0.15, 0.2) is 41.5 Å². The van der Waals surface area contributed by atoms with Gasteiger partial charge in [-0.25, -0.2) is 14.4 Å². The summed E-state index contributed by atoms with van der Waals surface area (Å²) in [7, 11) is 0. The second-order valence-corrected chi connectivity index (χ2v) is 7.36. The predicted molar refractivity (Wildman–Crippen MR) is 112 cm³/mol. The molecule has 0 bridgehead atoms. The van der Waals surface area contributed by atoms with E-state index in [2.05, 4.69) is 20.0 Å². The molecule has 160 valence electrons. The number of hydrogen-bond acceptors (Lipinski definition) is 8. The van der Waals surface area contributed by atoms with Crippen LogP contribution in [-0.2, 0) is 0 Å². The summed E-state index contributed by atoms with van der Waals surface area (Å²) in [6, 6.07) is 8.49. The number of halogens is 1. The van der Waals surface area contributed by atoms with Crippen molar-refractivity contribution in [1.29, 1.82) is 10.5 Å². The fourth-order valence-electron chi connectivity index (χ4n) is 3.42. The van der Waals surface area contributed by atoms with Gasteiger partial charge in [0.05, 0.1) is 17.3 Å². The first-order valence-corrected chi connectivity index (χ1v) is 9.93. The Morgan fingerprint density at radius 1 is 1.12 bits per heavy atom. The van der Waals surface area contributed by atoms with Crippen LogP contribution in [0, 0.1) is 35.4 Å². The van der Waals surface area contributed by atoms with Crippen LogP contribution in [0.2, 0.25) is 0 Å². The van der Waals surface area contributed by atoms with E-state index in [-0.39, 0.29) is 28.8 Å². The number of nitrogens with zero attached hydrogens (tertiary/aromatic N) is 7. The summed E-state index contributed by atoms with van der Waals surface area (Å²) in [6.45, 7) is 3.27. The largest absolute Gasteiger partial charge is 0.487 e. The number of benzene rings is 1. The molecule has 2 aromatic heterocycles. The van der Waals surface area contributed by atoms with E-state index in [0.29, 0.717) is 31.9 Å². The minimum atomic E-state index is -0.776. The van der Waals surface area contributed by atoms with Gasteiger partial charge in [-0.1, -0.05) is 0 Å². The molecule has 0 spiro atoms. The zero-order valence-electron chi connectivity index (χ0n) is 17.2. The Bertz CT molecular complexity index is 1280. The zero-order valence-corrected chi connectivity index (χ0v) is 17.2. The van der Waals surface area contributed by atoms with Gasteiger partial charge in [0.25, 0.3) is 5.56 Å². The van der Waals surface area contributed by atoms with Gasteiger partial charge >= 0.3 is 0 Å². The number of nitriles is 2. The minimum absolute atomic E-state index is 0.0846. The van der Waals surface area contributed by atoms with Gasteiger partial charge in [-0.15, -0.1) is 5.10 Å². The summed E-state index contributed by atoms with van der Waals surface area (Å²) in [4.78, 5) is 23.3. The highest BCUT2D eigenvalue weighted by Gasteiger charge is 2.24. The maximum absolute atomic E-state index is 13.9. The molecule has 1 fully saturated rings. The molecule has 9 nitrogen and oxygen atoms in total. The third-order valence-electron chi connectivity index (χ3n) is 5.11. The zero-order chi connectivity index (χ0) is 22.7. The predicted octanol–water partition coefficient (Wildman–Crippen LogP) is 2.26. The molecule has 32 heavy (non-hydrogen) atoms. The molecule has 3 heterocycles. The molecule has 1 aliphatic heterocycles. The normalized spacial score (nSPS) is 13.9. The molecule has 1 aromatic carbocycles. The first-order chi connectivity index (χ1) is 15.5. The highest BCUT2D eigenvalue weighted by molar-refractivity contribution is 5.42. The maximum Gasteiger partial charge on any atom is 0.275 e. The van der Waals surface area contributed by atoms with Gasteiger partial charge in [0.1, 0.15) is 24.1 Å². The first-order valence-electron chi connectivity index (χ1n) is 9.93. The lowest BCUT2D eigenvalue weighted by Gasteiger charge is -2.32. The van der Waals surface area contributed by atoms with E-state index in [1.807, 2.05) is 13.0 Å². The van der Waals surface area contributed by atoms with Crippen molar-refractivity contribution in [1.82, 2.24) is 19.7 Å². The maximum atomic E-state index is 13.9. The lowest BCUT2D eigenvalue weighted by atomic mass is 10.1. The second kappa shape index (κ2) is 8.82. The third kappa shape index (κ3) is 4.25. The minimum Gasteiger partial charge on any atom is -0.487 e. The van der Waals surface area contributed by atoms with Gasteiger partial charge in [0.2, 0.25) is 11.6 Å². The summed E-state index contributed by atoms with van der Waals surface area (Å²) in [5, 5.41) is 22.4. The summed E-state index contributed by atoms with van der Waals surface area (Å²) in [5.74, 6) is -0.0274. The van der Waals surface area contributed by atoms with Gasteiger partial charge in [-0.05, 0) is 24.6 Å². The average molecular weight is 431 g/mol. The Morgan fingerprint density at radius 2 is 1.84 bits per heavy atom. The van der Waals surface area contributed by atoms with Gasteiger partial charge in [0, 0.05) is 44.4 Å². The fourth-order valence-corrected chi connectivity index (χ4v) is 3.42. The van der Waals surface area contributed by atoms with Crippen molar-refractivity contribution in [2.45, 2.75) is 25.9 Å². The Hall–Kier alpha value is -4.31. The van der Waals surface area contributed by atoms with Crippen LogP contribution < -0.4 is 15.2 Å². The van der Waals surface area contributed by atoms with Gasteiger partial charge < -0.3 is 9.64 Å². The molecule has 0 N–H and O–H groups in total. The van der Waals surface area contributed by atoms with Crippen LogP contribution >= 0.6 is 0 Å². The van der Waals surface area contributed by atoms with E-state index in [0.717, 1.165) is 16.3 Å². The molecule has 0 radical (unpaired) electrons. The van der Waals surface area contributed by atoms with Crippen LogP contribution in [-0.4, -0.2) is 38.9 Å². The highest BCUT2D eigenvalue weighted by Crippen LogP contribution is 2.22. The van der Waals surface area contributed by atoms with Crippen LogP contribution in [0.1, 0.15) is 29.7 Å². The molecule has 0 unspecified atom stereocenters. The van der Waals surface area contributed by atoms with Crippen molar-refractivity contribution in [2.24, 2.45) is 0 Å². The molecular weight excluding hydrogens is 413 g/mol. The van der Waals surface area contributed by atoms with Crippen molar-refractivity contribution in [3.63, 3.8) is 0 Å². The Morgan fingerprint density at radius 3 is 2.47 bits per heavy atom. The van der Waals surface area contributed by atoms with Crippen molar-refractivity contribution in [3.8, 4) is 23.6 Å². The van der Waals surface area contributed by atoms with E-state index in [4.69, 9.17) is 10.00 Å². The Balaban J connectivity index is 1.50. The van der Waals surface area contributed by atoms with Gasteiger partial charge in [-0.3, -0.25) is 4.79 Å². The van der Waals surface area contributed by atoms with E-state index in [9.17, 15) is 14.4 Å². The third-order valence-corrected chi connectivity index (χ3v) is 5.11. The molecule has 1 aliphatic rings. The number of aryl methyl sites for hydroxylation is 1. The van der Waals surface area contributed by atoms with Crippen LogP contribution in [0.4, 0.5) is 10.3 Å². The molecule has 1 saturated heterocycles. The molecular formula is C22H18FN7O2. The molecule has 4 rings (SSSR count). The highest BCUT2D eigenvalue weighted by atomic mass is 19.1. The van der Waals surface area contributed by atoms with Crippen LogP contribution in [0.3, 0.4) is 0 Å². The molecule has 10 heteroatoms. The summed E-state index contributed by atoms with van der Waals surface area (Å²) < 4.78 is 20.8. The molecule has 0 saturated carbocycles. The van der Waals surface area contributed by atoms with Crippen molar-refractivity contribution in [3.05, 3.63) is 69.7 Å². The molecule has 3 aromatic rings. The van der Waals surface area contributed by atoms with Gasteiger partial charge in [0.15, 0.2) is 5.75 Å². The number of hydrogen-bond donors (Lipinski definition) is 0. The number of rotatable bonds is 4. The fraction of sp³-hybridized carbons (Fsp3) is 0.273. The molecule has 0 amide bonds. The van der Waals surface area contributed by atoms with Crippen LogP contribution in [0.25, 0.3) is 5.69 Å². The lowest BCUT2D eigenvalue weighted by molar-refractivity contribution is 0.168. The van der Waals surface area contributed by atoms with Crippen LogP contribution in [0.5, 0.6) is 5.75 Å². The Labute approximate surface area is 183 Å². The van der Waals surface area contributed by atoms with E-state index < -0.39 is 11.4 Å². The quantitative estimate of drug-likeness (QED) is 0.617. The topological polar surface area (TPSA) is 121 Å². The van der Waals surface area contributed by atoms with Gasteiger partial charge in [-0.2, -0.15) is 15.2 Å². The molecule has 0 aliphatic carbocycles. The van der Waals surface area contributed by atoms with Crippen molar-refractivity contribution < 1.29 is 9.13 Å². The monoisotopic (exact) mass is 431 g/mol. The summed E-state index contributed by atoms with van der Waals surface area (Å²) in [6.07, 6.45) is 4.65. The second-order valence-electron chi connectivity index (χ2n) is 7.36. The van der Waals surface area contributed by atoms with E-state index in [1.165, 1.54) is 18.2 Å². The number of piperidine rings is 1. The van der Waals surface area contributed by atoms with Crippen molar-refractivity contribution >= 4 is 5.95 Å². The number of aromatic nitrogens is 4. The SMILES string of the molecule is Cc1cnc(N2CCC(Oc3cc(=O)n(-c4ccc(C#N)c(F)c4)nc3C#N)CC2)nc1. The molecule has 0 atom stereocenters. The lowest BCUT2D eigenvalue weighted by Crippen LogP contribution is -2.39. The average Bonchev–Trinajstić information content (AvgIpc) is 2.80. The number of ether oxygens (including phenoxy) is 1. The summed E-state index contributed by atoms with van der Waals surface area (Å²) in [5.41, 5.74) is 0.292. The standard InChI is InChI=1S/C22H18FN7O2/c1-14-12-26-22(27-13-14)29-6-4-17(5-7-29)32-20-9-21(31)30(28-19(20)11-25)16-3-2-15(10-24)18(23)8-16/h2-3,8-9,12-13,17H,4-7H2,1H3. The summed E-state index contributed by atoms with van der Waals surface area (Å²) >= 11 is 0. The smallest absolute Gasteiger partial charge is 0.275 e. The Kier molecular flexibility index (Phi) is 5.77. The number of anilines is 1. The van der Waals surface area contributed by atoms with E-state index in [1.54, 1.807) is 18.5 Å².